The molecule has 17 heavy (non-hydrogen) atoms. The molecule has 1 aromatic heterocycles. The van der Waals surface area contributed by atoms with Crippen LogP contribution in [-0.2, 0) is 0 Å². The summed E-state index contributed by atoms with van der Waals surface area (Å²) in [7, 11) is 0. The second-order valence-corrected chi connectivity index (χ2v) is 5.58. The number of aryl methyl sites for hydroxylation is 1. The monoisotopic (exact) mass is 296 g/mol. The minimum absolute atomic E-state index is 0.0519. The van der Waals surface area contributed by atoms with Gasteiger partial charge in [0.1, 0.15) is 5.69 Å². The molecule has 1 amide bonds. The van der Waals surface area contributed by atoms with Crippen LogP contribution in [0.25, 0.3) is 0 Å². The van der Waals surface area contributed by atoms with E-state index in [0.29, 0.717) is 11.1 Å². The summed E-state index contributed by atoms with van der Waals surface area (Å²) in [5.41, 5.74) is 1.82. The molecule has 2 rings (SSSR count). The van der Waals surface area contributed by atoms with E-state index in [1.54, 1.807) is 6.20 Å². The molecule has 3 nitrogen and oxygen atoms in total. The first kappa shape index (κ1) is 12.6. The average molecular weight is 297 g/mol. The first-order valence-corrected chi connectivity index (χ1v) is 7.05. The van der Waals surface area contributed by atoms with Gasteiger partial charge in [-0.2, -0.15) is 0 Å². The van der Waals surface area contributed by atoms with E-state index in [0.717, 1.165) is 23.9 Å². The molecule has 0 aliphatic heterocycles. The lowest BCUT2D eigenvalue weighted by molar-refractivity contribution is 0.0939. The number of amides is 1. The maximum absolute atomic E-state index is 12.0. The van der Waals surface area contributed by atoms with E-state index in [9.17, 15) is 4.79 Å². The fraction of sp³-hybridized carbons (Fsp3) is 0.538. The van der Waals surface area contributed by atoms with Gasteiger partial charge in [0.25, 0.3) is 5.91 Å². The SMILES string of the molecule is Cc1cccnc1C(=O)NCC1(CCBr)CC1. The molecule has 1 heterocycles. The largest absolute Gasteiger partial charge is 0.350 e. The van der Waals surface area contributed by atoms with Crippen LogP contribution in [0, 0.1) is 12.3 Å². The Labute approximate surface area is 110 Å². The Hall–Kier alpha value is -0.900. The van der Waals surface area contributed by atoms with Crippen molar-refractivity contribution in [1.82, 2.24) is 10.3 Å². The molecule has 1 saturated carbocycles. The lowest BCUT2D eigenvalue weighted by Crippen LogP contribution is -2.31. The van der Waals surface area contributed by atoms with Crippen molar-refractivity contribution in [2.75, 3.05) is 11.9 Å². The molecule has 1 aliphatic rings. The number of nitrogens with one attached hydrogen (secondary N) is 1. The molecule has 0 spiro atoms. The zero-order valence-corrected chi connectivity index (χ0v) is 11.6. The Morgan fingerprint density at radius 3 is 2.94 bits per heavy atom. The summed E-state index contributed by atoms with van der Waals surface area (Å²) in [5, 5.41) is 4.01. The highest BCUT2D eigenvalue weighted by Gasteiger charge is 2.41. The van der Waals surface area contributed by atoms with Crippen LogP contribution in [-0.4, -0.2) is 22.8 Å². The van der Waals surface area contributed by atoms with E-state index >= 15 is 0 Å². The molecule has 1 fully saturated rings. The van der Waals surface area contributed by atoms with Crippen LogP contribution >= 0.6 is 15.9 Å². The van der Waals surface area contributed by atoms with Crippen LogP contribution < -0.4 is 5.32 Å². The number of carbonyl (C=O) groups is 1. The maximum Gasteiger partial charge on any atom is 0.270 e. The Bertz CT molecular complexity index is 416. The van der Waals surface area contributed by atoms with E-state index in [4.69, 9.17) is 0 Å². The third-order valence-corrected chi connectivity index (χ3v) is 3.83. The number of nitrogens with zero attached hydrogens (tertiary/aromatic N) is 1. The van der Waals surface area contributed by atoms with Gasteiger partial charge in [-0.25, -0.2) is 0 Å². The Morgan fingerprint density at radius 1 is 1.59 bits per heavy atom. The summed E-state index contributed by atoms with van der Waals surface area (Å²) in [6.07, 6.45) is 5.24. The number of pyridine rings is 1. The Balaban J connectivity index is 1.92. The molecule has 1 aromatic rings. The fourth-order valence-electron chi connectivity index (χ4n) is 1.97. The molecule has 0 radical (unpaired) electrons. The van der Waals surface area contributed by atoms with Gasteiger partial charge < -0.3 is 5.32 Å². The number of hydrogen-bond donors (Lipinski definition) is 1. The van der Waals surface area contributed by atoms with Crippen LogP contribution in [0.15, 0.2) is 18.3 Å². The quantitative estimate of drug-likeness (QED) is 0.849. The minimum atomic E-state index is -0.0519. The van der Waals surface area contributed by atoms with Crippen molar-refractivity contribution in [3.63, 3.8) is 0 Å². The molecular weight excluding hydrogens is 280 g/mol. The zero-order valence-electron chi connectivity index (χ0n) is 10.0. The highest BCUT2D eigenvalue weighted by Crippen LogP contribution is 2.48. The van der Waals surface area contributed by atoms with E-state index in [2.05, 4.69) is 26.2 Å². The highest BCUT2D eigenvalue weighted by atomic mass is 79.9. The second kappa shape index (κ2) is 5.17. The second-order valence-electron chi connectivity index (χ2n) is 4.79. The third kappa shape index (κ3) is 3.06. The van der Waals surface area contributed by atoms with Crippen molar-refractivity contribution in [2.45, 2.75) is 26.2 Å². The normalized spacial score (nSPS) is 16.6. The first-order chi connectivity index (χ1) is 8.17. The maximum atomic E-state index is 12.0. The lowest BCUT2D eigenvalue weighted by Gasteiger charge is -2.14. The molecular formula is C13H17BrN2O. The Morgan fingerprint density at radius 2 is 2.35 bits per heavy atom. The van der Waals surface area contributed by atoms with Crippen LogP contribution in [0.5, 0.6) is 0 Å². The average Bonchev–Trinajstić information content (AvgIpc) is 3.08. The van der Waals surface area contributed by atoms with Crippen molar-refractivity contribution in [2.24, 2.45) is 5.41 Å². The number of alkyl halides is 1. The number of carbonyl (C=O) groups excluding carboxylic acids is 1. The van der Waals surface area contributed by atoms with Gasteiger partial charge in [0, 0.05) is 18.1 Å². The summed E-state index contributed by atoms with van der Waals surface area (Å²) >= 11 is 3.46. The fourth-order valence-corrected chi connectivity index (χ4v) is 2.81. The number of halogens is 1. The van der Waals surface area contributed by atoms with Gasteiger partial charge >= 0.3 is 0 Å². The van der Waals surface area contributed by atoms with Gasteiger partial charge in [-0.3, -0.25) is 9.78 Å². The van der Waals surface area contributed by atoms with Crippen LogP contribution in [0.3, 0.4) is 0 Å². The zero-order chi connectivity index (χ0) is 12.3. The van der Waals surface area contributed by atoms with Crippen LogP contribution in [0.4, 0.5) is 0 Å². The molecule has 92 valence electrons. The van der Waals surface area contributed by atoms with Gasteiger partial charge in [0.2, 0.25) is 0 Å². The van der Waals surface area contributed by atoms with Crippen molar-refractivity contribution in [3.8, 4) is 0 Å². The number of rotatable bonds is 5. The topological polar surface area (TPSA) is 42.0 Å². The molecule has 0 atom stereocenters. The van der Waals surface area contributed by atoms with Crippen molar-refractivity contribution < 1.29 is 4.79 Å². The van der Waals surface area contributed by atoms with Crippen LogP contribution in [0.2, 0.25) is 0 Å². The third-order valence-electron chi connectivity index (χ3n) is 3.43. The standard InChI is InChI=1S/C13H17BrN2O/c1-10-3-2-8-15-11(10)12(17)16-9-13(4-5-13)6-7-14/h2-3,8H,4-7,9H2,1H3,(H,16,17). The molecule has 0 aromatic carbocycles. The molecule has 4 heteroatoms. The molecule has 0 unspecified atom stereocenters. The summed E-state index contributed by atoms with van der Waals surface area (Å²) in [6, 6.07) is 3.76. The molecule has 0 saturated heterocycles. The van der Waals surface area contributed by atoms with Gasteiger partial charge in [0.15, 0.2) is 0 Å². The van der Waals surface area contributed by atoms with Crippen molar-refractivity contribution in [1.29, 1.82) is 0 Å². The summed E-state index contributed by atoms with van der Waals surface area (Å²) in [6.45, 7) is 2.68. The molecule has 1 aliphatic carbocycles. The van der Waals surface area contributed by atoms with E-state index in [-0.39, 0.29) is 5.91 Å². The smallest absolute Gasteiger partial charge is 0.270 e. The predicted octanol–water partition coefficient (Wildman–Crippen LogP) is 2.69. The number of aromatic nitrogens is 1. The van der Waals surface area contributed by atoms with Crippen molar-refractivity contribution >= 4 is 21.8 Å². The molecule has 1 N–H and O–H groups in total. The van der Waals surface area contributed by atoms with Gasteiger partial charge in [-0.15, -0.1) is 0 Å². The highest BCUT2D eigenvalue weighted by molar-refractivity contribution is 9.09. The van der Waals surface area contributed by atoms with E-state index < -0.39 is 0 Å². The van der Waals surface area contributed by atoms with E-state index in [1.165, 1.54) is 12.8 Å². The van der Waals surface area contributed by atoms with Gasteiger partial charge in [-0.05, 0) is 43.2 Å². The number of hydrogen-bond acceptors (Lipinski definition) is 2. The Kier molecular flexibility index (Phi) is 3.82. The summed E-state index contributed by atoms with van der Waals surface area (Å²) in [5.74, 6) is -0.0519. The van der Waals surface area contributed by atoms with Gasteiger partial charge in [-0.1, -0.05) is 22.0 Å². The molecule has 0 bridgehead atoms. The van der Waals surface area contributed by atoms with Crippen molar-refractivity contribution in [3.05, 3.63) is 29.6 Å². The van der Waals surface area contributed by atoms with Gasteiger partial charge in [0.05, 0.1) is 0 Å². The van der Waals surface area contributed by atoms with E-state index in [1.807, 2.05) is 19.1 Å². The summed E-state index contributed by atoms with van der Waals surface area (Å²) in [4.78, 5) is 16.1. The summed E-state index contributed by atoms with van der Waals surface area (Å²) < 4.78 is 0. The first-order valence-electron chi connectivity index (χ1n) is 5.93. The predicted molar refractivity (Wildman–Crippen MR) is 71.4 cm³/mol. The minimum Gasteiger partial charge on any atom is -0.350 e. The van der Waals surface area contributed by atoms with Crippen LogP contribution in [0.1, 0.15) is 35.3 Å². The lowest BCUT2D eigenvalue weighted by atomic mass is 10.0.